The first-order valence-corrected chi connectivity index (χ1v) is 9.43. The molecule has 1 aromatic carbocycles. The molecule has 0 aliphatic heterocycles. The monoisotopic (exact) mass is 419 g/mol. The highest BCUT2D eigenvalue weighted by atomic mass is 16.5. The minimum absolute atomic E-state index is 0.0926. The smallest absolute Gasteiger partial charge is 0.356 e. The van der Waals surface area contributed by atoms with E-state index in [9.17, 15) is 4.79 Å². The second kappa shape index (κ2) is 10.5. The maximum absolute atomic E-state index is 10.1. The predicted octanol–water partition coefficient (Wildman–Crippen LogP) is 4.01. The van der Waals surface area contributed by atoms with Gasteiger partial charge in [0, 0.05) is 17.8 Å². The van der Waals surface area contributed by atoms with Crippen molar-refractivity contribution in [2.24, 2.45) is 0 Å². The summed E-state index contributed by atoms with van der Waals surface area (Å²) in [5.74, 6) is 1.15. The fraction of sp³-hybridized carbons (Fsp3) is 0.136. The SMILES string of the molecule is CCc1c(Oc2ccccc2)c[nH]c1-c1cccc(OC)n1.O=C(O)c1cnncn1. The van der Waals surface area contributed by atoms with Crippen molar-refractivity contribution in [2.75, 3.05) is 7.11 Å². The molecule has 0 amide bonds. The van der Waals surface area contributed by atoms with E-state index in [-0.39, 0.29) is 5.69 Å². The van der Waals surface area contributed by atoms with Crippen LogP contribution in [0.5, 0.6) is 17.4 Å². The number of aromatic nitrogens is 5. The molecular weight excluding hydrogens is 398 g/mol. The third-order valence-corrected chi connectivity index (χ3v) is 4.17. The Labute approximate surface area is 178 Å². The summed E-state index contributed by atoms with van der Waals surface area (Å²) in [6.45, 7) is 2.10. The van der Waals surface area contributed by atoms with Crippen molar-refractivity contribution in [3.05, 3.63) is 78.5 Å². The summed E-state index contributed by atoms with van der Waals surface area (Å²) >= 11 is 0. The van der Waals surface area contributed by atoms with Gasteiger partial charge in [0.15, 0.2) is 5.69 Å². The lowest BCUT2D eigenvalue weighted by molar-refractivity contribution is 0.0689. The minimum Gasteiger partial charge on any atom is -0.481 e. The molecule has 0 spiro atoms. The zero-order valence-corrected chi connectivity index (χ0v) is 17.0. The van der Waals surface area contributed by atoms with Crippen LogP contribution in [0, 0.1) is 0 Å². The lowest BCUT2D eigenvalue weighted by Crippen LogP contribution is -2.00. The van der Waals surface area contributed by atoms with E-state index >= 15 is 0 Å². The highest BCUT2D eigenvalue weighted by Crippen LogP contribution is 2.33. The van der Waals surface area contributed by atoms with Gasteiger partial charge in [0.2, 0.25) is 5.88 Å². The summed E-state index contributed by atoms with van der Waals surface area (Å²) in [6, 6.07) is 15.5. The molecule has 4 aromatic rings. The number of hydrogen-bond acceptors (Lipinski definition) is 7. The van der Waals surface area contributed by atoms with E-state index in [2.05, 4.69) is 32.1 Å². The minimum atomic E-state index is -1.09. The highest BCUT2D eigenvalue weighted by Gasteiger charge is 2.14. The second-order valence-corrected chi connectivity index (χ2v) is 6.14. The molecule has 0 bridgehead atoms. The third-order valence-electron chi connectivity index (χ3n) is 4.17. The van der Waals surface area contributed by atoms with Gasteiger partial charge < -0.3 is 19.6 Å². The Balaban J connectivity index is 0.000000254. The van der Waals surface area contributed by atoms with E-state index in [1.54, 1.807) is 7.11 Å². The zero-order chi connectivity index (χ0) is 22.1. The number of nitrogens with zero attached hydrogens (tertiary/aromatic N) is 4. The summed E-state index contributed by atoms with van der Waals surface area (Å²) in [5.41, 5.74) is 2.82. The topological polar surface area (TPSA) is 123 Å². The average Bonchev–Trinajstić information content (AvgIpc) is 3.23. The molecule has 9 heteroatoms. The number of hydrogen-bond donors (Lipinski definition) is 2. The summed E-state index contributed by atoms with van der Waals surface area (Å²) in [4.78, 5) is 21.2. The lowest BCUT2D eigenvalue weighted by Gasteiger charge is -2.07. The molecule has 0 radical (unpaired) electrons. The molecule has 0 aliphatic rings. The van der Waals surface area contributed by atoms with E-state index in [0.29, 0.717) is 5.88 Å². The fourth-order valence-corrected chi connectivity index (χ4v) is 2.74. The first-order valence-electron chi connectivity index (χ1n) is 9.43. The first-order chi connectivity index (χ1) is 15.1. The molecular formula is C22H21N5O4. The van der Waals surface area contributed by atoms with Crippen LogP contribution in [0.15, 0.2) is 67.3 Å². The predicted molar refractivity (Wildman–Crippen MR) is 113 cm³/mol. The Morgan fingerprint density at radius 3 is 2.52 bits per heavy atom. The third kappa shape index (κ3) is 5.63. The van der Waals surface area contributed by atoms with Gasteiger partial charge in [-0.1, -0.05) is 31.2 Å². The first kappa shape index (κ1) is 21.4. The molecule has 31 heavy (non-hydrogen) atoms. The van der Waals surface area contributed by atoms with Crippen molar-refractivity contribution in [1.82, 2.24) is 25.1 Å². The number of methoxy groups -OCH3 is 1. The Bertz CT molecular complexity index is 1120. The van der Waals surface area contributed by atoms with Crippen molar-refractivity contribution < 1.29 is 19.4 Å². The summed E-state index contributed by atoms with van der Waals surface area (Å²) < 4.78 is 11.2. The number of carboxylic acid groups (broad SMARTS) is 1. The Hall–Kier alpha value is -4.27. The number of H-pyrrole nitrogens is 1. The van der Waals surface area contributed by atoms with Gasteiger partial charge in [0.1, 0.15) is 17.8 Å². The maximum Gasteiger partial charge on any atom is 0.356 e. The van der Waals surface area contributed by atoms with Crippen LogP contribution in [-0.4, -0.2) is 43.3 Å². The summed E-state index contributed by atoms with van der Waals surface area (Å²) in [5, 5.41) is 14.9. The van der Waals surface area contributed by atoms with Crippen LogP contribution in [0.2, 0.25) is 0 Å². The van der Waals surface area contributed by atoms with Gasteiger partial charge >= 0.3 is 5.97 Å². The van der Waals surface area contributed by atoms with Crippen LogP contribution < -0.4 is 9.47 Å². The Kier molecular flexibility index (Phi) is 7.26. The van der Waals surface area contributed by atoms with Gasteiger partial charge in [-0.25, -0.2) is 14.8 Å². The van der Waals surface area contributed by atoms with E-state index in [4.69, 9.17) is 14.6 Å². The van der Waals surface area contributed by atoms with Crippen LogP contribution in [0.1, 0.15) is 23.0 Å². The standard InChI is InChI=1S/C18H18N2O2.C4H3N3O2/c1-3-14-16(22-13-8-5-4-6-9-13)12-19-18(14)15-10-7-11-17(20-15)21-2;8-4(9)3-1-6-7-2-5-3/h4-12,19H,3H2,1-2H3;1-2H,(H,8,9). The number of benzene rings is 1. The fourth-order valence-electron chi connectivity index (χ4n) is 2.74. The molecule has 4 rings (SSSR count). The normalized spacial score (nSPS) is 10.0. The molecule has 2 N–H and O–H groups in total. The van der Waals surface area contributed by atoms with E-state index in [1.807, 2.05) is 54.7 Å². The average molecular weight is 419 g/mol. The van der Waals surface area contributed by atoms with E-state index in [1.165, 1.54) is 0 Å². The molecule has 0 atom stereocenters. The van der Waals surface area contributed by atoms with Crippen LogP contribution in [0.25, 0.3) is 11.4 Å². The number of carboxylic acids is 1. The van der Waals surface area contributed by atoms with Gasteiger partial charge in [0.05, 0.1) is 24.7 Å². The van der Waals surface area contributed by atoms with Crippen LogP contribution in [-0.2, 0) is 6.42 Å². The van der Waals surface area contributed by atoms with Gasteiger partial charge in [-0.05, 0) is 24.6 Å². The molecule has 158 valence electrons. The molecule has 9 nitrogen and oxygen atoms in total. The van der Waals surface area contributed by atoms with Crippen molar-refractivity contribution >= 4 is 5.97 Å². The quantitative estimate of drug-likeness (QED) is 0.480. The Morgan fingerprint density at radius 2 is 1.90 bits per heavy atom. The van der Waals surface area contributed by atoms with Gasteiger partial charge in [-0.15, -0.1) is 5.10 Å². The van der Waals surface area contributed by atoms with Gasteiger partial charge in [0.25, 0.3) is 0 Å². The number of aromatic amines is 1. The number of para-hydroxylation sites is 1. The van der Waals surface area contributed by atoms with E-state index in [0.717, 1.165) is 47.4 Å². The lowest BCUT2D eigenvalue weighted by atomic mass is 10.1. The number of pyridine rings is 1. The highest BCUT2D eigenvalue weighted by molar-refractivity contribution is 5.84. The van der Waals surface area contributed by atoms with Crippen molar-refractivity contribution in [3.63, 3.8) is 0 Å². The summed E-state index contributed by atoms with van der Waals surface area (Å²) in [6.07, 6.45) is 4.90. The molecule has 0 saturated carbocycles. The second-order valence-electron chi connectivity index (χ2n) is 6.14. The van der Waals surface area contributed by atoms with Gasteiger partial charge in [-0.3, -0.25) is 0 Å². The maximum atomic E-state index is 10.1. The molecule has 0 fully saturated rings. The number of nitrogens with one attached hydrogen (secondary N) is 1. The number of carbonyl (C=O) groups is 1. The molecule has 0 aliphatic carbocycles. The number of ether oxygens (including phenoxy) is 2. The van der Waals surface area contributed by atoms with Crippen LogP contribution >= 0.6 is 0 Å². The van der Waals surface area contributed by atoms with Gasteiger partial charge in [-0.2, -0.15) is 5.10 Å². The van der Waals surface area contributed by atoms with Crippen LogP contribution in [0.3, 0.4) is 0 Å². The molecule has 0 saturated heterocycles. The molecule has 0 unspecified atom stereocenters. The molecule has 3 heterocycles. The van der Waals surface area contributed by atoms with Crippen molar-refractivity contribution in [1.29, 1.82) is 0 Å². The van der Waals surface area contributed by atoms with Crippen molar-refractivity contribution in [2.45, 2.75) is 13.3 Å². The summed E-state index contributed by atoms with van der Waals surface area (Å²) in [7, 11) is 1.62. The number of rotatable bonds is 6. The number of aromatic carboxylic acids is 1. The zero-order valence-electron chi connectivity index (χ0n) is 17.0. The molecule has 3 aromatic heterocycles. The largest absolute Gasteiger partial charge is 0.481 e. The van der Waals surface area contributed by atoms with Crippen molar-refractivity contribution in [3.8, 4) is 28.8 Å². The van der Waals surface area contributed by atoms with Crippen LogP contribution in [0.4, 0.5) is 0 Å². The van der Waals surface area contributed by atoms with E-state index < -0.39 is 5.97 Å². The Morgan fingerprint density at radius 1 is 1.10 bits per heavy atom.